The Bertz CT molecular complexity index is 1250. The van der Waals surface area contributed by atoms with Crippen LogP contribution >= 0.6 is 11.6 Å². The zero-order valence-electron chi connectivity index (χ0n) is 18.9. The second kappa shape index (κ2) is 11.1. The lowest BCUT2D eigenvalue weighted by atomic mass is 10.1. The van der Waals surface area contributed by atoms with Gasteiger partial charge in [-0.05, 0) is 48.9 Å². The minimum Gasteiger partial charge on any atom is -0.360 e. The highest BCUT2D eigenvalue weighted by atomic mass is 35.5. The molecule has 0 bridgehead atoms. The van der Waals surface area contributed by atoms with Crippen molar-refractivity contribution >= 4 is 40.8 Å². The van der Waals surface area contributed by atoms with Crippen molar-refractivity contribution in [1.82, 2.24) is 9.88 Å². The zero-order chi connectivity index (χ0) is 24.7. The van der Waals surface area contributed by atoms with Gasteiger partial charge in [-0.15, -0.1) is 6.42 Å². The van der Waals surface area contributed by atoms with Crippen molar-refractivity contribution < 1.29 is 9.59 Å². The van der Waals surface area contributed by atoms with Crippen molar-refractivity contribution in [2.75, 3.05) is 24.2 Å². The summed E-state index contributed by atoms with van der Waals surface area (Å²) in [6.45, 7) is 2.82. The molecular formula is C26H24ClN5O2. The van der Waals surface area contributed by atoms with Crippen LogP contribution in [-0.2, 0) is 0 Å². The molecule has 0 fully saturated rings. The Morgan fingerprint density at radius 3 is 2.38 bits per heavy atom. The molecule has 0 aliphatic heterocycles. The van der Waals surface area contributed by atoms with Gasteiger partial charge < -0.3 is 15.5 Å². The van der Waals surface area contributed by atoms with Gasteiger partial charge in [0, 0.05) is 41.5 Å². The number of carbonyl (C=O) groups excluding carboxylic acids is 2. The highest BCUT2D eigenvalue weighted by molar-refractivity contribution is 6.31. The molecule has 0 atom stereocenters. The van der Waals surface area contributed by atoms with E-state index >= 15 is 0 Å². The molecule has 0 radical (unpaired) electrons. The van der Waals surface area contributed by atoms with E-state index in [1.807, 2.05) is 18.9 Å². The Labute approximate surface area is 203 Å². The third kappa shape index (κ3) is 6.00. The van der Waals surface area contributed by atoms with Gasteiger partial charge in [-0.1, -0.05) is 36.6 Å². The number of pyridine rings is 1. The van der Waals surface area contributed by atoms with Crippen molar-refractivity contribution in [1.29, 1.82) is 5.41 Å². The summed E-state index contributed by atoms with van der Waals surface area (Å²) < 4.78 is 0. The number of aromatic nitrogens is 1. The fraction of sp³-hybridized carbons (Fsp3) is 0.154. The first-order valence-electron chi connectivity index (χ1n) is 10.6. The molecule has 1 aromatic heterocycles. The third-order valence-electron chi connectivity index (χ3n) is 5.01. The second-order valence-corrected chi connectivity index (χ2v) is 7.96. The average molecular weight is 474 g/mol. The van der Waals surface area contributed by atoms with E-state index < -0.39 is 11.8 Å². The average Bonchev–Trinajstić information content (AvgIpc) is 2.85. The number of halogens is 1. The van der Waals surface area contributed by atoms with Crippen LogP contribution in [0.3, 0.4) is 0 Å². The lowest BCUT2D eigenvalue weighted by Gasteiger charge is -2.19. The first-order valence-corrected chi connectivity index (χ1v) is 10.9. The smallest absolute Gasteiger partial charge is 0.258 e. The second-order valence-electron chi connectivity index (χ2n) is 7.52. The lowest BCUT2D eigenvalue weighted by Crippen LogP contribution is -2.27. The first kappa shape index (κ1) is 24.5. The van der Waals surface area contributed by atoms with Gasteiger partial charge in [-0.3, -0.25) is 15.0 Å². The topological polar surface area (TPSA) is 98.2 Å². The van der Waals surface area contributed by atoms with Crippen LogP contribution in [0.2, 0.25) is 5.02 Å². The molecule has 3 rings (SSSR count). The summed E-state index contributed by atoms with van der Waals surface area (Å²) in [4.78, 5) is 31.7. The molecule has 2 amide bonds. The number of benzene rings is 2. The Morgan fingerprint density at radius 1 is 1.06 bits per heavy atom. The quantitative estimate of drug-likeness (QED) is 0.258. The molecule has 7 nitrogen and oxygen atoms in total. The molecule has 34 heavy (non-hydrogen) atoms. The fourth-order valence-electron chi connectivity index (χ4n) is 3.19. The van der Waals surface area contributed by atoms with E-state index in [9.17, 15) is 9.59 Å². The van der Waals surface area contributed by atoms with Crippen molar-refractivity contribution in [2.24, 2.45) is 0 Å². The Kier molecular flexibility index (Phi) is 8.01. The Morgan fingerprint density at radius 2 is 1.76 bits per heavy atom. The van der Waals surface area contributed by atoms with Gasteiger partial charge in [-0.25, -0.2) is 4.98 Å². The van der Waals surface area contributed by atoms with Crippen molar-refractivity contribution in [3.8, 4) is 12.3 Å². The van der Waals surface area contributed by atoms with Crippen LogP contribution in [0.25, 0.3) is 0 Å². The molecule has 2 aromatic carbocycles. The van der Waals surface area contributed by atoms with Gasteiger partial charge in [0.15, 0.2) is 0 Å². The monoisotopic (exact) mass is 473 g/mol. The number of hydrogen-bond acceptors (Lipinski definition) is 4. The molecule has 3 N–H and O–H groups in total. The highest BCUT2D eigenvalue weighted by Crippen LogP contribution is 2.23. The SMILES string of the molecule is C#Cc1ccc(NC(=O)c2cc(Cl)ccc2NC(=O)c2ccc(C(=N)N(C)CCC)cc2)nc1. The van der Waals surface area contributed by atoms with Crippen molar-refractivity contribution in [2.45, 2.75) is 13.3 Å². The van der Waals surface area contributed by atoms with Crippen molar-refractivity contribution in [3.63, 3.8) is 0 Å². The minimum atomic E-state index is -0.485. The maximum absolute atomic E-state index is 12.9. The van der Waals surface area contributed by atoms with E-state index in [1.165, 1.54) is 12.3 Å². The predicted molar refractivity (Wildman–Crippen MR) is 136 cm³/mol. The van der Waals surface area contributed by atoms with Crippen LogP contribution in [0.1, 0.15) is 45.2 Å². The summed E-state index contributed by atoms with van der Waals surface area (Å²) in [7, 11) is 1.86. The van der Waals surface area contributed by atoms with Gasteiger partial charge in [0.25, 0.3) is 11.8 Å². The molecular weight excluding hydrogens is 450 g/mol. The van der Waals surface area contributed by atoms with Crippen LogP contribution in [0, 0.1) is 17.8 Å². The van der Waals surface area contributed by atoms with Crippen LogP contribution in [-0.4, -0.2) is 41.1 Å². The van der Waals surface area contributed by atoms with Gasteiger partial charge in [0.1, 0.15) is 11.7 Å². The number of hydrogen-bond donors (Lipinski definition) is 3. The zero-order valence-corrected chi connectivity index (χ0v) is 19.6. The van der Waals surface area contributed by atoms with E-state index in [-0.39, 0.29) is 5.56 Å². The molecule has 8 heteroatoms. The molecule has 3 aromatic rings. The lowest BCUT2D eigenvalue weighted by molar-refractivity contribution is 0.102. The van der Waals surface area contributed by atoms with Crippen LogP contribution < -0.4 is 10.6 Å². The molecule has 0 spiro atoms. The third-order valence-corrected chi connectivity index (χ3v) is 5.24. The summed E-state index contributed by atoms with van der Waals surface area (Å²) in [5.41, 5.74) is 2.17. The van der Waals surface area contributed by atoms with E-state index in [0.717, 1.165) is 13.0 Å². The van der Waals surface area contributed by atoms with E-state index in [0.29, 0.717) is 39.1 Å². The summed E-state index contributed by atoms with van der Waals surface area (Å²) in [6, 6.07) is 14.6. The molecule has 0 saturated carbocycles. The Balaban J connectivity index is 1.76. The van der Waals surface area contributed by atoms with Gasteiger partial charge >= 0.3 is 0 Å². The maximum Gasteiger partial charge on any atom is 0.258 e. The summed E-state index contributed by atoms with van der Waals surface area (Å²) in [5.74, 6) is 2.28. The minimum absolute atomic E-state index is 0.184. The number of carbonyl (C=O) groups is 2. The molecule has 0 aliphatic rings. The number of nitrogens with zero attached hydrogens (tertiary/aromatic N) is 2. The number of anilines is 2. The summed E-state index contributed by atoms with van der Waals surface area (Å²) in [5, 5.41) is 14.0. The first-order chi connectivity index (χ1) is 16.3. The molecule has 0 aliphatic carbocycles. The molecule has 0 unspecified atom stereocenters. The van der Waals surface area contributed by atoms with Gasteiger partial charge in [0.05, 0.1) is 11.3 Å². The Hall–Kier alpha value is -4.15. The largest absolute Gasteiger partial charge is 0.360 e. The number of terminal acetylenes is 1. The summed E-state index contributed by atoms with van der Waals surface area (Å²) in [6.07, 6.45) is 7.73. The van der Waals surface area contributed by atoms with Gasteiger partial charge in [-0.2, -0.15) is 0 Å². The van der Waals surface area contributed by atoms with E-state index in [4.69, 9.17) is 23.4 Å². The van der Waals surface area contributed by atoms with Crippen molar-refractivity contribution in [3.05, 3.63) is 88.1 Å². The van der Waals surface area contributed by atoms with Crippen LogP contribution in [0.5, 0.6) is 0 Å². The number of amides is 2. The highest BCUT2D eigenvalue weighted by Gasteiger charge is 2.16. The maximum atomic E-state index is 12.9. The number of amidine groups is 1. The van der Waals surface area contributed by atoms with E-state index in [1.54, 1.807) is 48.5 Å². The van der Waals surface area contributed by atoms with Gasteiger partial charge in [0.2, 0.25) is 0 Å². The molecule has 1 heterocycles. The standard InChI is InChI=1S/C26H24ClN5O2/c1-4-14-32(3)24(28)18-7-9-19(10-8-18)25(33)30-22-12-11-20(27)15-21(22)26(34)31-23-13-6-17(5-2)16-29-23/h2,6-13,15-16,28H,4,14H2,1,3H3,(H,30,33)(H,29,31,34). The number of nitrogens with one attached hydrogen (secondary N) is 3. The normalized spacial score (nSPS) is 10.2. The molecule has 0 saturated heterocycles. The predicted octanol–water partition coefficient (Wildman–Crippen LogP) is 4.89. The summed E-state index contributed by atoms with van der Waals surface area (Å²) >= 11 is 6.10. The fourth-order valence-corrected chi connectivity index (χ4v) is 3.36. The van der Waals surface area contributed by atoms with Crippen LogP contribution in [0.4, 0.5) is 11.5 Å². The van der Waals surface area contributed by atoms with E-state index in [2.05, 4.69) is 21.5 Å². The molecule has 172 valence electrons. The number of rotatable bonds is 7. The van der Waals surface area contributed by atoms with Crippen LogP contribution in [0.15, 0.2) is 60.8 Å².